The van der Waals surface area contributed by atoms with Crippen molar-refractivity contribution < 1.29 is 142 Å². The van der Waals surface area contributed by atoms with Gasteiger partial charge < -0.3 is 37.9 Å². The van der Waals surface area contributed by atoms with E-state index in [1.54, 1.807) is 76.2 Å². The van der Waals surface area contributed by atoms with Crippen LogP contribution in [0, 0.1) is 0 Å². The molecule has 0 saturated carbocycles. The van der Waals surface area contributed by atoms with Crippen molar-refractivity contribution in [1.29, 1.82) is 0 Å². The van der Waals surface area contributed by atoms with Gasteiger partial charge in [0.15, 0.2) is 0 Å². The molecule has 0 radical (unpaired) electrons. The molecule has 0 amide bonds. The maximum atomic E-state index is 12.4. The lowest BCUT2D eigenvalue weighted by Crippen LogP contribution is -2.14. The van der Waals surface area contributed by atoms with Gasteiger partial charge in [-0.2, -0.15) is 67.3 Å². The Labute approximate surface area is 738 Å². The monoisotopic (exact) mass is 1900 g/mol. The minimum Gasteiger partial charge on any atom is -0.488 e. The molecule has 1 aliphatic rings. The Kier molecular flexibility index (Phi) is 27.6. The fourth-order valence-electron chi connectivity index (χ4n) is 14.1. The summed E-state index contributed by atoms with van der Waals surface area (Å²) in [5.41, 5.74) is 5.61. The minimum atomic E-state index is -4.71. The van der Waals surface area contributed by atoms with Gasteiger partial charge in [0, 0.05) is 92.4 Å². The number of hydrogen-bond donors (Lipinski definition) is 8. The predicted molar refractivity (Wildman–Crippen MR) is 461 cm³/mol. The summed E-state index contributed by atoms with van der Waals surface area (Å²) in [5.74, 6) is -3.49. The van der Waals surface area contributed by atoms with E-state index in [9.17, 15) is 104 Å². The first kappa shape index (κ1) is 93.9. The summed E-state index contributed by atoms with van der Waals surface area (Å²) in [6.07, 6.45) is 0. The number of ether oxygens (including phenoxy) is 8. The predicted octanol–water partition coefficient (Wildman–Crippen LogP) is 15.2. The normalized spacial score (nSPS) is 15.2. The van der Waals surface area contributed by atoms with Crippen molar-refractivity contribution in [3.63, 3.8) is 0 Å². The zero-order valence-electron chi connectivity index (χ0n) is 67.7. The second-order valence-electron chi connectivity index (χ2n) is 29.9. The van der Waals surface area contributed by atoms with Gasteiger partial charge >= 0.3 is 0 Å². The van der Waals surface area contributed by atoms with Crippen LogP contribution in [0.25, 0.3) is 0 Å². The molecule has 0 spiro atoms. The van der Waals surface area contributed by atoms with E-state index in [1.165, 1.54) is 97.1 Å². The van der Waals surface area contributed by atoms with Crippen LogP contribution in [0.5, 0.6) is 46.0 Å². The Morgan fingerprint density at radius 2 is 0.266 bits per heavy atom. The van der Waals surface area contributed by atoms with Crippen molar-refractivity contribution >= 4 is 80.9 Å². The van der Waals surface area contributed by atoms with Gasteiger partial charge in [-0.15, -0.1) is 0 Å². The lowest BCUT2D eigenvalue weighted by Gasteiger charge is -2.30. The molecule has 0 saturated heterocycles. The van der Waals surface area contributed by atoms with Crippen LogP contribution in [-0.4, -0.2) is 104 Å². The molecule has 0 atom stereocenters. The zero-order valence-corrected chi connectivity index (χ0v) is 74.2. The molecule has 0 fully saturated rings. The van der Waals surface area contributed by atoms with Crippen LogP contribution >= 0.6 is 0 Å². The second kappa shape index (κ2) is 37.6. The molecule has 13 rings (SSSR count). The number of hydrogen-bond acceptors (Lipinski definition) is 24. The van der Waals surface area contributed by atoms with Gasteiger partial charge in [0.2, 0.25) is 0 Å². The Morgan fingerprint density at radius 1 is 0.172 bits per heavy atom. The summed E-state index contributed by atoms with van der Waals surface area (Å²) < 4.78 is 334. The van der Waals surface area contributed by atoms with Crippen molar-refractivity contribution in [3.8, 4) is 46.0 Å². The van der Waals surface area contributed by atoms with E-state index >= 15 is 0 Å². The van der Waals surface area contributed by atoms with E-state index < -0.39 is 144 Å². The van der Waals surface area contributed by atoms with Crippen molar-refractivity contribution in [1.82, 2.24) is 0 Å². The second-order valence-corrected chi connectivity index (χ2v) is 41.2. The fraction of sp³-hybridized carbons (Fsp3) is 0.182. The third-order valence-electron chi connectivity index (χ3n) is 21.2. The highest BCUT2D eigenvalue weighted by Crippen LogP contribution is 2.52. The molecule has 128 heavy (non-hydrogen) atoms. The fourth-order valence-corrected chi connectivity index (χ4v) is 17.9. The van der Waals surface area contributed by atoms with Gasteiger partial charge in [-0.1, -0.05) is 125 Å². The third kappa shape index (κ3) is 23.1. The molecule has 12 aromatic carbocycles. The highest BCUT2D eigenvalue weighted by atomic mass is 32.2. The Bertz CT molecular complexity index is 5900. The largest absolute Gasteiger partial charge is 0.488 e. The molecule has 0 heterocycles. The van der Waals surface area contributed by atoms with Crippen LogP contribution in [-0.2, 0) is 134 Å². The van der Waals surface area contributed by atoms with Crippen molar-refractivity contribution in [2.45, 2.75) is 143 Å². The summed E-state index contributed by atoms with van der Waals surface area (Å²) in [5, 5.41) is 0. The molecule has 672 valence electrons. The van der Waals surface area contributed by atoms with Crippen LogP contribution in [0.2, 0.25) is 0 Å². The van der Waals surface area contributed by atoms with Crippen molar-refractivity contribution in [2.24, 2.45) is 0 Å². The van der Waals surface area contributed by atoms with Crippen LogP contribution in [0.3, 0.4) is 0 Å². The van der Waals surface area contributed by atoms with E-state index in [0.29, 0.717) is 89.0 Å². The lowest BCUT2D eigenvalue weighted by molar-refractivity contribution is 0.279. The van der Waals surface area contributed by atoms with E-state index in [0.717, 1.165) is 97.1 Å². The highest BCUT2D eigenvalue weighted by molar-refractivity contribution is 7.87. The average molecular weight is 1910 g/mol. The van der Waals surface area contributed by atoms with Crippen LogP contribution in [0.15, 0.2) is 282 Å². The summed E-state index contributed by atoms with van der Waals surface area (Å²) in [4.78, 5) is -3.53. The first-order valence-corrected chi connectivity index (χ1v) is 49.9. The summed E-state index contributed by atoms with van der Waals surface area (Å²) in [7, 11) is -37.7. The average Bonchev–Trinajstić information content (AvgIpc) is 0.755. The summed E-state index contributed by atoms with van der Waals surface area (Å²) >= 11 is 0. The molecule has 32 nitrogen and oxygen atoms in total. The Morgan fingerprint density at radius 3 is 0.352 bits per heavy atom. The van der Waals surface area contributed by atoms with Gasteiger partial charge in [0.05, 0.1) is 39.2 Å². The molecule has 0 aliphatic heterocycles. The van der Waals surface area contributed by atoms with Crippen molar-refractivity contribution in [3.05, 3.63) is 332 Å². The molecule has 0 aromatic heterocycles. The maximum Gasteiger partial charge on any atom is 0.294 e. The van der Waals surface area contributed by atoms with Gasteiger partial charge in [0.1, 0.15) is 98.9 Å². The van der Waals surface area contributed by atoms with Gasteiger partial charge in [-0.3, -0.25) is 36.4 Å². The summed E-state index contributed by atoms with van der Waals surface area (Å²) in [6, 6.07) is 54.2. The molecular weight excluding hydrogens is 1830 g/mol. The van der Waals surface area contributed by atoms with Crippen LogP contribution in [0.4, 0.5) is 0 Å². The molecule has 8 bridgehead atoms. The van der Waals surface area contributed by atoms with E-state index in [2.05, 4.69) is 0 Å². The smallest absolute Gasteiger partial charge is 0.294 e. The van der Waals surface area contributed by atoms with Crippen molar-refractivity contribution in [2.75, 3.05) is 0 Å². The standard InChI is InChI=1S/C88H80O32S8/c1-53-73-37-75(83(115-47-59-9-25-67(26-10-59)123(95,96)97)41-81(73)113-45-57-5-21-65(22-6-57)121(89,90)91)54(2)77-39-79(87(119-51-63-17-33-71(34-18-63)127(107,108)109)43-85(77)117-49-61-13-29-69(30-14-61)125(101,102)103)56(4)80-40-78(86(118-50-62-15-31-70(32-16-62)126(104,105)106)44-88(80)120-52-64-19-35-72(36-20-64)128(110,111)112)55(3)76-38-74(53)82(114-46-58-7-23-66(24-8-58)122(92,93)94)42-84(76)116-48-60-11-27-68(28-12-60)124(98,99)100/h5-44,53-56H,45-52H2,1-4H3,(H,89,90,91)(H,92,93,94)(H,95,96,97)(H,98,99,100)(H,101,102,103)(H,104,105,106)(H,107,108,109)(H,110,111,112). The molecule has 1 aliphatic carbocycles. The molecular formula is C88H80O32S8. The minimum absolute atomic E-state index is 0.0718. The highest BCUT2D eigenvalue weighted by Gasteiger charge is 2.34. The Hall–Kier alpha value is -11.7. The van der Waals surface area contributed by atoms with E-state index in [-0.39, 0.29) is 98.9 Å². The third-order valence-corrected chi connectivity index (χ3v) is 28.2. The Balaban J connectivity index is 1.13. The number of fused-ring (bicyclic) bond motifs is 8. The van der Waals surface area contributed by atoms with Crippen LogP contribution < -0.4 is 37.9 Å². The zero-order chi connectivity index (χ0) is 92.4. The quantitative estimate of drug-likeness (QED) is 0.0182. The first-order valence-electron chi connectivity index (χ1n) is 38.3. The van der Waals surface area contributed by atoms with E-state index in [4.69, 9.17) is 37.9 Å². The topological polar surface area (TPSA) is 509 Å². The number of benzene rings is 12. The molecule has 8 N–H and O–H groups in total. The van der Waals surface area contributed by atoms with Gasteiger partial charge in [-0.05, 0) is 166 Å². The molecule has 40 heteroatoms. The molecule has 12 aromatic rings. The molecule has 0 unspecified atom stereocenters. The summed E-state index contributed by atoms with van der Waals surface area (Å²) in [6.45, 7) is 4.55. The van der Waals surface area contributed by atoms with Crippen LogP contribution in [0.1, 0.15) is 140 Å². The van der Waals surface area contributed by atoms with Gasteiger partial charge in [-0.25, -0.2) is 0 Å². The lowest BCUT2D eigenvalue weighted by atomic mass is 9.80. The SMILES string of the molecule is CC1c2cc(c(OCc3ccc(S(=O)(=O)O)cc3)cc2OCc2ccc(S(=O)(=O)O)cc2)C(C)c2cc(c(OCc3ccc(S(=O)(=O)O)cc3)cc2OCc2ccc(S(=O)(=O)O)cc2)C(C)c2cc(c(OCc3ccc(S(=O)(=O)O)cc3)cc2OCc2ccc(S(=O)(=O)O)cc2)C(C)c2cc1c(OCc1ccc(S(=O)(=O)O)cc1)cc2OCc1ccc(S(=O)(=O)O)cc1. The maximum absolute atomic E-state index is 12.4. The van der Waals surface area contributed by atoms with Gasteiger partial charge in [0.25, 0.3) is 80.9 Å². The first-order chi connectivity index (χ1) is 60.1. The van der Waals surface area contributed by atoms with E-state index in [1.807, 2.05) is 0 Å². The number of rotatable bonds is 32.